The van der Waals surface area contributed by atoms with Gasteiger partial charge in [0.2, 0.25) is 0 Å². The molecule has 4 N–H and O–H groups in total. The van der Waals surface area contributed by atoms with E-state index in [1.165, 1.54) is 12.1 Å². The summed E-state index contributed by atoms with van der Waals surface area (Å²) >= 11 is 5.62. The van der Waals surface area contributed by atoms with E-state index in [2.05, 4.69) is 10.5 Å². The number of amides is 1. The Hall–Kier alpha value is -1.82. The summed E-state index contributed by atoms with van der Waals surface area (Å²) in [6.07, 6.45) is 1.82. The van der Waals surface area contributed by atoms with Crippen molar-refractivity contribution in [1.82, 2.24) is 5.32 Å². The fourth-order valence-corrected chi connectivity index (χ4v) is 1.97. The van der Waals surface area contributed by atoms with Gasteiger partial charge in [0.1, 0.15) is 5.82 Å². The van der Waals surface area contributed by atoms with Crippen LogP contribution < -0.4 is 11.1 Å². The van der Waals surface area contributed by atoms with Crippen molar-refractivity contribution in [3.8, 4) is 0 Å². The van der Waals surface area contributed by atoms with Crippen molar-refractivity contribution >= 4 is 23.3 Å². The molecule has 102 valence electrons. The van der Waals surface area contributed by atoms with Crippen LogP contribution in [0.25, 0.3) is 0 Å². The number of carbonyl (C=O) groups is 1. The number of nitrogens with zero attached hydrogens (tertiary/aromatic N) is 1. The molecule has 0 saturated heterocycles. The summed E-state index contributed by atoms with van der Waals surface area (Å²) in [6.45, 7) is 0. The normalized spacial score (nSPS) is 17.1. The molecule has 19 heavy (non-hydrogen) atoms. The quantitative estimate of drug-likeness (QED) is 0.341. The molecule has 0 spiro atoms. The fraction of sp³-hybridized carbons (Fsp3) is 0.333. The molecule has 1 aliphatic rings. The van der Waals surface area contributed by atoms with Crippen LogP contribution in [0, 0.1) is 11.7 Å². The van der Waals surface area contributed by atoms with Crippen LogP contribution in [0.4, 0.5) is 4.39 Å². The van der Waals surface area contributed by atoms with E-state index in [0.29, 0.717) is 0 Å². The Labute approximate surface area is 114 Å². The minimum absolute atomic E-state index is 0.0379. The highest BCUT2D eigenvalue weighted by Crippen LogP contribution is 2.33. The first-order valence-corrected chi connectivity index (χ1v) is 6.14. The number of carbonyl (C=O) groups excluding carboxylic acids is 1. The van der Waals surface area contributed by atoms with Gasteiger partial charge in [-0.1, -0.05) is 16.8 Å². The van der Waals surface area contributed by atoms with Gasteiger partial charge in [-0.15, -0.1) is 0 Å². The number of benzene rings is 1. The standard InChI is InChI=1S/C12H13ClFN3O2/c13-8-5-7(3-4-9(8)14)12(18)16-10(6-1-2-6)11(15)17-19/h3-6,10,19H,1-2H2,(H2,15,17)(H,16,18). The number of nitrogens with one attached hydrogen (secondary N) is 1. The lowest BCUT2D eigenvalue weighted by Crippen LogP contribution is -2.46. The molecular weight excluding hydrogens is 273 g/mol. The molecule has 0 aromatic heterocycles. The predicted molar refractivity (Wildman–Crippen MR) is 68.8 cm³/mol. The Morgan fingerprint density at radius 2 is 2.26 bits per heavy atom. The van der Waals surface area contributed by atoms with Crippen molar-refractivity contribution in [2.75, 3.05) is 0 Å². The number of halogens is 2. The van der Waals surface area contributed by atoms with Crippen LogP contribution in [0.1, 0.15) is 23.2 Å². The van der Waals surface area contributed by atoms with E-state index >= 15 is 0 Å². The third-order valence-corrected chi connectivity index (χ3v) is 3.29. The van der Waals surface area contributed by atoms with Crippen LogP contribution in [0.15, 0.2) is 23.4 Å². The van der Waals surface area contributed by atoms with Gasteiger partial charge in [0.05, 0.1) is 11.1 Å². The lowest BCUT2D eigenvalue weighted by Gasteiger charge is -2.16. The smallest absolute Gasteiger partial charge is 0.251 e. The summed E-state index contributed by atoms with van der Waals surface area (Å²) < 4.78 is 13.0. The molecule has 1 amide bonds. The average Bonchev–Trinajstić information content (AvgIpc) is 3.22. The second kappa shape index (κ2) is 5.44. The van der Waals surface area contributed by atoms with Gasteiger partial charge in [-0.2, -0.15) is 0 Å². The molecule has 5 nitrogen and oxygen atoms in total. The Morgan fingerprint density at radius 1 is 1.58 bits per heavy atom. The molecule has 1 aliphatic carbocycles. The summed E-state index contributed by atoms with van der Waals surface area (Å²) in [4.78, 5) is 12.0. The average molecular weight is 286 g/mol. The van der Waals surface area contributed by atoms with Gasteiger partial charge < -0.3 is 16.3 Å². The summed E-state index contributed by atoms with van der Waals surface area (Å²) in [5, 5.41) is 14.1. The van der Waals surface area contributed by atoms with E-state index in [1.54, 1.807) is 0 Å². The number of hydrogen-bond donors (Lipinski definition) is 3. The Bertz CT molecular complexity index is 532. The summed E-state index contributed by atoms with van der Waals surface area (Å²) in [6, 6.07) is 3.17. The van der Waals surface area contributed by atoms with Crippen molar-refractivity contribution in [2.24, 2.45) is 16.8 Å². The number of hydrogen-bond acceptors (Lipinski definition) is 3. The molecule has 2 rings (SSSR count). The highest BCUT2D eigenvalue weighted by Gasteiger charge is 2.35. The topological polar surface area (TPSA) is 87.7 Å². The van der Waals surface area contributed by atoms with Crippen molar-refractivity contribution in [3.63, 3.8) is 0 Å². The third-order valence-electron chi connectivity index (χ3n) is 3.00. The summed E-state index contributed by atoms with van der Waals surface area (Å²) in [7, 11) is 0. The monoisotopic (exact) mass is 285 g/mol. The molecular formula is C12H13ClFN3O2. The zero-order valence-electron chi connectivity index (χ0n) is 9.94. The molecule has 7 heteroatoms. The van der Waals surface area contributed by atoms with Crippen molar-refractivity contribution < 1.29 is 14.4 Å². The number of nitrogens with two attached hydrogens (primary N) is 1. The Kier molecular flexibility index (Phi) is 3.90. The molecule has 1 aromatic rings. The molecule has 0 aliphatic heterocycles. The molecule has 1 unspecified atom stereocenters. The highest BCUT2D eigenvalue weighted by molar-refractivity contribution is 6.31. The molecule has 0 heterocycles. The predicted octanol–water partition coefficient (Wildman–Crippen LogP) is 1.73. The maximum Gasteiger partial charge on any atom is 0.251 e. The van der Waals surface area contributed by atoms with Crippen LogP contribution in [-0.4, -0.2) is 23.0 Å². The SMILES string of the molecule is N/C(=N/O)C(NC(=O)c1ccc(F)c(Cl)c1)C1CC1. The van der Waals surface area contributed by atoms with E-state index in [1.807, 2.05) is 0 Å². The van der Waals surface area contributed by atoms with Crippen LogP contribution >= 0.6 is 11.6 Å². The zero-order chi connectivity index (χ0) is 14.0. The summed E-state index contributed by atoms with van der Waals surface area (Å²) in [5.41, 5.74) is 5.76. The van der Waals surface area contributed by atoms with Crippen LogP contribution in [0.2, 0.25) is 5.02 Å². The van der Waals surface area contributed by atoms with Gasteiger partial charge in [-0.25, -0.2) is 4.39 Å². The second-order valence-electron chi connectivity index (χ2n) is 4.44. The van der Waals surface area contributed by atoms with E-state index in [0.717, 1.165) is 18.9 Å². The van der Waals surface area contributed by atoms with Crippen LogP contribution in [-0.2, 0) is 0 Å². The molecule has 1 aromatic carbocycles. The lowest BCUT2D eigenvalue weighted by molar-refractivity contribution is 0.0943. The minimum Gasteiger partial charge on any atom is -0.409 e. The largest absolute Gasteiger partial charge is 0.409 e. The van der Waals surface area contributed by atoms with Gasteiger partial charge in [0.15, 0.2) is 5.84 Å². The maximum absolute atomic E-state index is 13.0. The van der Waals surface area contributed by atoms with Crippen molar-refractivity contribution in [1.29, 1.82) is 0 Å². The number of rotatable bonds is 4. The zero-order valence-corrected chi connectivity index (χ0v) is 10.7. The molecule has 1 saturated carbocycles. The van der Waals surface area contributed by atoms with Gasteiger partial charge in [-0.05, 0) is 37.0 Å². The Morgan fingerprint density at radius 3 is 2.79 bits per heavy atom. The third kappa shape index (κ3) is 3.14. The Balaban J connectivity index is 2.12. The van der Waals surface area contributed by atoms with E-state index in [-0.39, 0.29) is 22.3 Å². The van der Waals surface area contributed by atoms with Gasteiger partial charge >= 0.3 is 0 Å². The molecule has 1 atom stereocenters. The van der Waals surface area contributed by atoms with Gasteiger partial charge in [-0.3, -0.25) is 4.79 Å². The van der Waals surface area contributed by atoms with Crippen molar-refractivity contribution in [2.45, 2.75) is 18.9 Å². The molecule has 0 radical (unpaired) electrons. The maximum atomic E-state index is 13.0. The van der Waals surface area contributed by atoms with E-state index in [4.69, 9.17) is 22.5 Å². The number of amidine groups is 1. The minimum atomic E-state index is -0.589. The molecule has 1 fully saturated rings. The molecule has 0 bridgehead atoms. The van der Waals surface area contributed by atoms with E-state index < -0.39 is 17.8 Å². The van der Waals surface area contributed by atoms with Gasteiger partial charge in [0.25, 0.3) is 5.91 Å². The highest BCUT2D eigenvalue weighted by atomic mass is 35.5. The number of oxime groups is 1. The fourth-order valence-electron chi connectivity index (χ4n) is 1.79. The first kappa shape index (κ1) is 13.6. The van der Waals surface area contributed by atoms with Gasteiger partial charge in [0, 0.05) is 5.56 Å². The van der Waals surface area contributed by atoms with E-state index in [9.17, 15) is 9.18 Å². The van der Waals surface area contributed by atoms with Crippen LogP contribution in [0.5, 0.6) is 0 Å². The van der Waals surface area contributed by atoms with Crippen molar-refractivity contribution in [3.05, 3.63) is 34.6 Å². The summed E-state index contributed by atoms with van der Waals surface area (Å²) in [5.74, 6) is -0.890. The first-order valence-electron chi connectivity index (χ1n) is 5.76. The lowest BCUT2D eigenvalue weighted by atomic mass is 10.1. The van der Waals surface area contributed by atoms with Crippen LogP contribution in [0.3, 0.4) is 0 Å². The first-order chi connectivity index (χ1) is 9.02. The second-order valence-corrected chi connectivity index (χ2v) is 4.85.